The van der Waals surface area contributed by atoms with Crippen LogP contribution in [0, 0.1) is 0 Å². The number of allylic oxidation sites excluding steroid dienone is 1. The van der Waals surface area contributed by atoms with Crippen LogP contribution in [0.5, 0.6) is 0 Å². The molecule has 0 radical (unpaired) electrons. The average molecular weight is 488 g/mol. The van der Waals surface area contributed by atoms with Gasteiger partial charge in [-0.3, -0.25) is 9.78 Å². The monoisotopic (exact) mass is 487 g/mol. The molecule has 0 saturated heterocycles. The molecule has 2 aliphatic rings. The maximum Gasteiger partial charge on any atom is 0.285 e. The Bertz CT molecular complexity index is 1410. The van der Waals surface area contributed by atoms with Crippen molar-refractivity contribution in [2.75, 3.05) is 11.4 Å². The van der Waals surface area contributed by atoms with Crippen molar-refractivity contribution in [2.24, 2.45) is 0 Å². The first-order valence-corrected chi connectivity index (χ1v) is 13.6. The van der Waals surface area contributed by atoms with Gasteiger partial charge in [-0.1, -0.05) is 61.9 Å². The molecular formula is C28H29N3O3S. The van der Waals surface area contributed by atoms with Gasteiger partial charge in [0.2, 0.25) is 0 Å². The van der Waals surface area contributed by atoms with Gasteiger partial charge in [0.1, 0.15) is 10.6 Å². The van der Waals surface area contributed by atoms with E-state index in [9.17, 15) is 13.2 Å². The Morgan fingerprint density at radius 2 is 1.91 bits per heavy atom. The molecule has 1 aliphatic carbocycles. The van der Waals surface area contributed by atoms with Crippen molar-refractivity contribution >= 4 is 37.3 Å². The van der Waals surface area contributed by atoms with Crippen molar-refractivity contribution in [3.05, 3.63) is 90.4 Å². The van der Waals surface area contributed by atoms with E-state index < -0.39 is 15.9 Å². The minimum Gasteiger partial charge on any atom is -0.329 e. The van der Waals surface area contributed by atoms with Crippen LogP contribution in [-0.2, 0) is 14.8 Å². The third kappa shape index (κ3) is 4.25. The van der Waals surface area contributed by atoms with E-state index in [2.05, 4.69) is 17.1 Å². The van der Waals surface area contributed by atoms with E-state index in [1.165, 1.54) is 0 Å². The zero-order valence-corrected chi connectivity index (χ0v) is 20.6. The summed E-state index contributed by atoms with van der Waals surface area (Å²) in [5.41, 5.74) is 1.56. The van der Waals surface area contributed by atoms with Crippen molar-refractivity contribution in [3.8, 4) is 0 Å². The van der Waals surface area contributed by atoms with Crippen LogP contribution in [0.15, 0.2) is 84.8 Å². The molecule has 0 saturated carbocycles. The molecular weight excluding hydrogens is 458 g/mol. The van der Waals surface area contributed by atoms with E-state index in [-0.39, 0.29) is 23.2 Å². The zero-order chi connectivity index (χ0) is 24.4. The van der Waals surface area contributed by atoms with E-state index in [0.29, 0.717) is 12.0 Å². The van der Waals surface area contributed by atoms with Gasteiger partial charge in [-0.25, -0.2) is 12.7 Å². The fraction of sp³-hybridized carbons (Fsp3) is 0.286. The largest absolute Gasteiger partial charge is 0.329 e. The third-order valence-electron chi connectivity index (χ3n) is 6.65. The molecule has 180 valence electrons. The number of amides is 1. The maximum absolute atomic E-state index is 13.9. The molecule has 1 atom stereocenters. The highest BCUT2D eigenvalue weighted by Gasteiger charge is 2.47. The first-order valence-electron chi connectivity index (χ1n) is 12.2. The highest BCUT2D eigenvalue weighted by Crippen LogP contribution is 2.41. The van der Waals surface area contributed by atoms with Crippen LogP contribution in [-0.4, -0.2) is 36.2 Å². The summed E-state index contributed by atoms with van der Waals surface area (Å²) in [6.45, 7) is 2.16. The van der Waals surface area contributed by atoms with Gasteiger partial charge in [0, 0.05) is 30.0 Å². The average Bonchev–Trinajstić information content (AvgIpc) is 3.08. The predicted molar refractivity (Wildman–Crippen MR) is 140 cm³/mol. The number of carbonyl (C=O) groups excluding carboxylic acids is 1. The number of rotatable bonds is 7. The summed E-state index contributed by atoms with van der Waals surface area (Å²) >= 11 is 0. The molecule has 1 aliphatic heterocycles. The van der Waals surface area contributed by atoms with Crippen LogP contribution in [0.3, 0.4) is 0 Å². The molecule has 2 heterocycles. The van der Waals surface area contributed by atoms with Crippen LogP contribution in [0.4, 0.5) is 5.69 Å². The van der Waals surface area contributed by atoms with Gasteiger partial charge in [-0.15, -0.1) is 0 Å². The molecule has 6 nitrogen and oxygen atoms in total. The van der Waals surface area contributed by atoms with Crippen LogP contribution in [0.1, 0.15) is 44.6 Å². The standard InChI is InChI=1S/C28H29N3O3S/c1-2-3-18-30-28(32)26(27(35(30,33)34)21-10-6-4-7-11-21)31(24-12-8-5-9-13-24)25-15-14-23-20-29-17-16-22(23)19-25/h4,6-8,10-12,14-17,19-20,24H,2-3,5,9,13,18H2,1H3. The Hall–Kier alpha value is -3.45. The quantitative estimate of drug-likeness (QED) is 0.412. The summed E-state index contributed by atoms with van der Waals surface area (Å²) in [7, 11) is -4.00. The number of sulfonamides is 1. The summed E-state index contributed by atoms with van der Waals surface area (Å²) in [6.07, 6.45) is 12.0. The fourth-order valence-electron chi connectivity index (χ4n) is 4.88. The number of benzene rings is 2. The first kappa shape index (κ1) is 23.3. The second-order valence-corrected chi connectivity index (χ2v) is 10.8. The molecule has 2 aromatic carbocycles. The Labute approximate surface area is 206 Å². The Morgan fingerprint density at radius 3 is 2.66 bits per heavy atom. The van der Waals surface area contributed by atoms with Crippen molar-refractivity contribution in [2.45, 2.75) is 45.1 Å². The second kappa shape index (κ2) is 9.66. The highest BCUT2D eigenvalue weighted by molar-refractivity contribution is 7.99. The summed E-state index contributed by atoms with van der Waals surface area (Å²) < 4.78 is 28.8. The normalized spacial score (nSPS) is 19.5. The summed E-state index contributed by atoms with van der Waals surface area (Å²) in [4.78, 5) is 20.2. The predicted octanol–water partition coefficient (Wildman–Crippen LogP) is 5.49. The second-order valence-electron chi connectivity index (χ2n) is 8.98. The van der Waals surface area contributed by atoms with Gasteiger partial charge in [0.15, 0.2) is 0 Å². The summed E-state index contributed by atoms with van der Waals surface area (Å²) in [5, 5.41) is 1.97. The Kier molecular flexibility index (Phi) is 6.43. The minimum absolute atomic E-state index is 0.0907. The number of fused-ring (bicyclic) bond motifs is 1. The molecule has 7 heteroatoms. The third-order valence-corrected chi connectivity index (χ3v) is 8.52. The number of unbranched alkanes of at least 4 members (excludes halogenated alkanes) is 1. The first-order chi connectivity index (χ1) is 17.0. The number of nitrogens with zero attached hydrogens (tertiary/aromatic N) is 3. The molecule has 0 fully saturated rings. The van der Waals surface area contributed by atoms with Crippen molar-refractivity contribution < 1.29 is 13.2 Å². The van der Waals surface area contributed by atoms with Crippen molar-refractivity contribution in [1.82, 2.24) is 9.29 Å². The van der Waals surface area contributed by atoms with Gasteiger partial charge in [0.25, 0.3) is 15.9 Å². The number of hydrogen-bond donors (Lipinski definition) is 0. The van der Waals surface area contributed by atoms with E-state index >= 15 is 0 Å². The van der Waals surface area contributed by atoms with Gasteiger partial charge < -0.3 is 4.90 Å². The number of hydrogen-bond acceptors (Lipinski definition) is 5. The van der Waals surface area contributed by atoms with Gasteiger partial charge in [-0.2, -0.15) is 0 Å². The SMILES string of the molecule is CCCCN1C(=O)C(N(c2ccc3cnccc3c2)C2C=CCCC2)=C(c2ccccc2)S1(=O)=O. The van der Waals surface area contributed by atoms with Gasteiger partial charge in [-0.05, 0) is 54.8 Å². The van der Waals surface area contributed by atoms with E-state index in [4.69, 9.17) is 0 Å². The minimum atomic E-state index is -4.00. The number of carbonyl (C=O) groups is 1. The van der Waals surface area contributed by atoms with E-state index in [0.717, 1.165) is 46.4 Å². The molecule has 1 amide bonds. The number of anilines is 1. The lowest BCUT2D eigenvalue weighted by molar-refractivity contribution is -0.122. The molecule has 5 rings (SSSR count). The van der Waals surface area contributed by atoms with Crippen LogP contribution in [0.2, 0.25) is 0 Å². The van der Waals surface area contributed by atoms with Crippen LogP contribution in [0.25, 0.3) is 15.7 Å². The van der Waals surface area contributed by atoms with Crippen LogP contribution >= 0.6 is 0 Å². The molecule has 0 bridgehead atoms. The molecule has 1 aromatic heterocycles. The maximum atomic E-state index is 13.9. The molecule has 1 unspecified atom stereocenters. The molecule has 35 heavy (non-hydrogen) atoms. The summed E-state index contributed by atoms with van der Waals surface area (Å²) in [5.74, 6) is -0.453. The van der Waals surface area contributed by atoms with Crippen molar-refractivity contribution in [3.63, 3.8) is 0 Å². The van der Waals surface area contributed by atoms with E-state index in [1.807, 2.05) is 54.3 Å². The molecule has 0 N–H and O–H groups in total. The van der Waals surface area contributed by atoms with Crippen molar-refractivity contribution in [1.29, 1.82) is 0 Å². The topological polar surface area (TPSA) is 70.6 Å². The smallest absolute Gasteiger partial charge is 0.285 e. The lowest BCUT2D eigenvalue weighted by Gasteiger charge is -2.34. The lowest BCUT2D eigenvalue weighted by atomic mass is 9.98. The van der Waals surface area contributed by atoms with E-state index in [1.54, 1.807) is 24.5 Å². The summed E-state index contributed by atoms with van der Waals surface area (Å²) in [6, 6.07) is 16.8. The Morgan fingerprint density at radius 1 is 1.09 bits per heavy atom. The lowest BCUT2D eigenvalue weighted by Crippen LogP contribution is -2.40. The van der Waals surface area contributed by atoms with Gasteiger partial charge >= 0.3 is 0 Å². The number of pyridine rings is 1. The molecule has 3 aromatic rings. The number of aromatic nitrogens is 1. The zero-order valence-electron chi connectivity index (χ0n) is 19.8. The van der Waals surface area contributed by atoms with Gasteiger partial charge in [0.05, 0.1) is 6.04 Å². The fourth-order valence-corrected chi connectivity index (χ4v) is 6.64. The highest BCUT2D eigenvalue weighted by atomic mass is 32.2. The Balaban J connectivity index is 1.76. The van der Waals surface area contributed by atoms with Crippen LogP contribution < -0.4 is 4.90 Å². The molecule has 0 spiro atoms.